The van der Waals surface area contributed by atoms with E-state index in [0.29, 0.717) is 16.7 Å². The van der Waals surface area contributed by atoms with Gasteiger partial charge in [0, 0.05) is 46.9 Å². The number of aromatic nitrogens is 1. The molecule has 0 bridgehead atoms. The molecule has 8 atom stereocenters. The monoisotopic (exact) mass is 1070 g/mol. The summed E-state index contributed by atoms with van der Waals surface area (Å²) < 4.78 is -1.42. The Kier molecular flexibility index (Phi) is 21.5. The van der Waals surface area contributed by atoms with Gasteiger partial charge in [-0.1, -0.05) is 96.1 Å². The second-order valence-corrected chi connectivity index (χ2v) is 22.0. The Balaban J connectivity index is 1.66. The van der Waals surface area contributed by atoms with Crippen molar-refractivity contribution in [3.63, 3.8) is 0 Å². The minimum atomic E-state index is -1.62. The third-order valence-corrected chi connectivity index (χ3v) is 15.6. The highest BCUT2D eigenvalue weighted by Gasteiger charge is 2.42. The number of rotatable bonds is 17. The number of nitrogens with one attached hydrogen (secondary N) is 8. The number of carboxylic acid groups (broad SMARTS) is 2. The van der Waals surface area contributed by atoms with Crippen molar-refractivity contribution >= 4 is 85.8 Å². The standard InChI is InChI=1S/C51H66N10O12S2/c1-27(2)41(50(72)73)60-48(70)39-26-74-75-51(3,4)42(61-43(65)33(53)24-40(63)64)49(71)58-37(21-28-11-6-5-7-12-28)45(67)57-38(23-30-25-54-34-14-9-8-13-32(30)34)47(69)55-35(15-10-20-52)44(66)56-36(46(68)59-39)22-29-16-18-31(62)19-17-29/h5-9,11-14,16-19,25,27,33,35-39,41-42,54,62H,10,15,20-24,26,52-53H2,1-4H3,(H,55,69)(H,56,66)(H,57,67)(H,58,71)(H,59,68)(H,60,70)(H,61,65)(H,63,64)(H,72,73)/t33-,35-,36?,37?,38+,39?,41-,42+/m0/s1. The van der Waals surface area contributed by atoms with E-state index in [0.717, 1.165) is 32.5 Å². The highest BCUT2D eigenvalue weighted by atomic mass is 33.1. The van der Waals surface area contributed by atoms with E-state index in [1.54, 1.807) is 70.3 Å². The van der Waals surface area contributed by atoms with Crippen LogP contribution in [0.3, 0.4) is 0 Å². The molecule has 1 saturated heterocycles. The highest BCUT2D eigenvalue weighted by molar-refractivity contribution is 8.77. The van der Waals surface area contributed by atoms with Gasteiger partial charge >= 0.3 is 11.9 Å². The maximum Gasteiger partial charge on any atom is 0.326 e. The van der Waals surface area contributed by atoms with Crippen molar-refractivity contribution in [2.45, 2.75) is 119 Å². The van der Waals surface area contributed by atoms with E-state index in [1.807, 2.05) is 18.2 Å². The molecule has 7 amide bonds. The first-order valence-corrected chi connectivity index (χ1v) is 26.6. The number of fused-ring (bicyclic) bond motifs is 1. The number of phenolic OH excluding ortho intramolecular Hbond substituents is 1. The molecule has 1 aliphatic heterocycles. The summed E-state index contributed by atoms with van der Waals surface area (Å²) in [5.41, 5.74) is 14.3. The fraction of sp³-hybridized carbons (Fsp3) is 0.431. The molecule has 4 aromatic rings. The Hall–Kier alpha value is -7.15. The van der Waals surface area contributed by atoms with Gasteiger partial charge in [-0.3, -0.25) is 38.4 Å². The number of aliphatic carboxylic acids is 2. The molecule has 75 heavy (non-hydrogen) atoms. The van der Waals surface area contributed by atoms with Gasteiger partial charge in [-0.2, -0.15) is 0 Å². The summed E-state index contributed by atoms with van der Waals surface area (Å²) in [6, 6.07) is 9.85. The van der Waals surface area contributed by atoms with Gasteiger partial charge in [0.25, 0.3) is 0 Å². The topological polar surface area (TPSA) is 366 Å². The maximum absolute atomic E-state index is 14.8. The number of phenols is 1. The largest absolute Gasteiger partial charge is 0.508 e. The van der Waals surface area contributed by atoms with Crippen LogP contribution in [0, 0.1) is 5.92 Å². The number of benzene rings is 3. The second-order valence-electron chi connectivity index (χ2n) is 19.0. The predicted molar refractivity (Wildman–Crippen MR) is 283 cm³/mol. The number of amides is 7. The lowest BCUT2D eigenvalue weighted by molar-refractivity contribution is -0.143. The molecule has 15 N–H and O–H groups in total. The molecule has 1 fully saturated rings. The van der Waals surface area contributed by atoms with Crippen molar-refractivity contribution in [1.82, 2.24) is 42.2 Å². The van der Waals surface area contributed by atoms with Crippen molar-refractivity contribution in [2.75, 3.05) is 12.3 Å². The number of H-pyrrole nitrogens is 1. The number of nitrogens with two attached hydrogens (primary N) is 2. The van der Waals surface area contributed by atoms with Crippen molar-refractivity contribution < 1.29 is 58.5 Å². The molecule has 3 unspecified atom stereocenters. The smallest absolute Gasteiger partial charge is 0.326 e. The molecular weight excluding hydrogens is 1010 g/mol. The quantitative estimate of drug-likeness (QED) is 0.0649. The van der Waals surface area contributed by atoms with Crippen LogP contribution in [-0.2, 0) is 62.4 Å². The lowest BCUT2D eigenvalue weighted by Crippen LogP contribution is -2.63. The fourth-order valence-corrected chi connectivity index (χ4v) is 11.0. The van der Waals surface area contributed by atoms with Crippen LogP contribution in [0.4, 0.5) is 0 Å². The zero-order valence-corrected chi connectivity index (χ0v) is 43.6. The van der Waals surface area contributed by atoms with E-state index < -0.39 is 119 Å². The van der Waals surface area contributed by atoms with E-state index in [-0.39, 0.29) is 50.2 Å². The molecule has 404 valence electrons. The lowest BCUT2D eigenvalue weighted by atomic mass is 9.98. The molecule has 2 heterocycles. The molecule has 24 heteroatoms. The average Bonchev–Trinajstić information content (AvgIpc) is 3.77. The SMILES string of the molecule is CC(C)[C@H](NC(=O)C1CSSC(C)(C)[C@H](NC(=O)[C@@H](N)CC(=O)O)C(=O)NC(Cc2ccccc2)C(=O)N[C@H](Cc2c[nH]c3ccccc23)C(=O)N[C@@H](CCCN)C(=O)NC(Cc2ccc(O)cc2)C(=O)N1)C(=O)O. The highest BCUT2D eigenvalue weighted by Crippen LogP contribution is 2.39. The van der Waals surface area contributed by atoms with E-state index in [4.69, 9.17) is 11.5 Å². The van der Waals surface area contributed by atoms with Crippen LogP contribution < -0.4 is 48.7 Å². The molecule has 0 spiro atoms. The molecule has 1 aliphatic rings. The third kappa shape index (κ3) is 17.2. The Labute approximate surface area is 441 Å². The van der Waals surface area contributed by atoms with Crippen molar-refractivity contribution in [3.8, 4) is 5.75 Å². The van der Waals surface area contributed by atoms with Gasteiger partial charge in [0.2, 0.25) is 41.4 Å². The summed E-state index contributed by atoms with van der Waals surface area (Å²) in [7, 11) is 1.91. The normalized spacial score (nSPS) is 22.0. The van der Waals surface area contributed by atoms with Gasteiger partial charge in [0.05, 0.1) is 12.5 Å². The molecule has 0 saturated carbocycles. The van der Waals surface area contributed by atoms with Gasteiger partial charge in [-0.25, -0.2) is 4.79 Å². The van der Waals surface area contributed by atoms with Crippen LogP contribution in [-0.4, -0.2) is 139 Å². The minimum absolute atomic E-state index is 0.0360. The van der Waals surface area contributed by atoms with Gasteiger partial charge in [0.15, 0.2) is 0 Å². The number of hydrogen-bond donors (Lipinski definition) is 13. The molecule has 0 aliphatic carbocycles. The summed E-state index contributed by atoms with van der Waals surface area (Å²) in [6.07, 6.45) is 0.590. The van der Waals surface area contributed by atoms with E-state index >= 15 is 0 Å². The first-order chi connectivity index (χ1) is 35.6. The summed E-state index contributed by atoms with van der Waals surface area (Å²) in [4.78, 5) is 128. The number of carbonyl (C=O) groups excluding carboxylic acids is 7. The number of aromatic amines is 1. The average molecular weight is 1080 g/mol. The van der Waals surface area contributed by atoms with E-state index in [2.05, 4.69) is 42.2 Å². The molecule has 1 aromatic heterocycles. The van der Waals surface area contributed by atoms with Crippen molar-refractivity contribution in [1.29, 1.82) is 0 Å². The predicted octanol–water partition coefficient (Wildman–Crippen LogP) is 0.750. The Bertz CT molecular complexity index is 2670. The van der Waals surface area contributed by atoms with Crippen LogP contribution in [0.15, 0.2) is 85.1 Å². The van der Waals surface area contributed by atoms with Gasteiger partial charge < -0.3 is 69.0 Å². The van der Waals surface area contributed by atoms with E-state index in [9.17, 15) is 58.5 Å². The first-order valence-electron chi connectivity index (χ1n) is 24.3. The number of para-hydroxylation sites is 1. The van der Waals surface area contributed by atoms with Gasteiger partial charge in [0.1, 0.15) is 48.0 Å². The van der Waals surface area contributed by atoms with Crippen LogP contribution in [0.25, 0.3) is 10.9 Å². The number of carbonyl (C=O) groups is 9. The Morgan fingerprint density at radius 2 is 1.28 bits per heavy atom. The molecule has 5 rings (SSSR count). The Morgan fingerprint density at radius 3 is 1.88 bits per heavy atom. The maximum atomic E-state index is 14.8. The van der Waals surface area contributed by atoms with Crippen molar-refractivity contribution in [3.05, 3.63) is 102 Å². The lowest BCUT2D eigenvalue weighted by Gasteiger charge is -2.35. The summed E-state index contributed by atoms with van der Waals surface area (Å²) in [5, 5.41) is 49.0. The third-order valence-electron chi connectivity index (χ3n) is 12.3. The zero-order valence-electron chi connectivity index (χ0n) is 41.9. The van der Waals surface area contributed by atoms with Crippen LogP contribution >= 0.6 is 21.6 Å². The molecule has 22 nitrogen and oxygen atoms in total. The van der Waals surface area contributed by atoms with Gasteiger partial charge in [-0.15, -0.1) is 0 Å². The zero-order chi connectivity index (χ0) is 55.0. The van der Waals surface area contributed by atoms with Crippen LogP contribution in [0.1, 0.15) is 63.6 Å². The van der Waals surface area contributed by atoms with Crippen LogP contribution in [0.5, 0.6) is 5.75 Å². The summed E-state index contributed by atoms with van der Waals surface area (Å²) >= 11 is 0. The molecule has 0 radical (unpaired) electrons. The first kappa shape index (κ1) is 58.7. The van der Waals surface area contributed by atoms with Crippen LogP contribution in [0.2, 0.25) is 0 Å². The minimum Gasteiger partial charge on any atom is -0.508 e. The summed E-state index contributed by atoms with van der Waals surface area (Å²) in [5.74, 6) is -9.99. The number of aromatic hydroxyl groups is 1. The fourth-order valence-electron chi connectivity index (χ4n) is 8.14. The second kappa shape index (κ2) is 27.4. The van der Waals surface area contributed by atoms with E-state index in [1.165, 1.54) is 24.3 Å². The van der Waals surface area contributed by atoms with Crippen molar-refractivity contribution in [2.24, 2.45) is 17.4 Å². The number of hydrogen-bond acceptors (Lipinski definition) is 14. The summed E-state index contributed by atoms with van der Waals surface area (Å²) in [6.45, 7) is 6.34. The number of carboxylic acids is 2. The molecule has 3 aromatic carbocycles. The Morgan fingerprint density at radius 1 is 0.733 bits per heavy atom. The van der Waals surface area contributed by atoms with Gasteiger partial charge in [-0.05, 0) is 74.0 Å². The molecular formula is C51H66N10O12S2.